The number of benzene rings is 1. The van der Waals surface area contributed by atoms with Crippen molar-refractivity contribution in [1.29, 1.82) is 0 Å². The molecule has 110 valence electrons. The molecule has 0 spiro atoms. The van der Waals surface area contributed by atoms with Gasteiger partial charge in [-0.3, -0.25) is 9.69 Å². The number of nitrogens with one attached hydrogen (secondary N) is 2. The zero-order valence-corrected chi connectivity index (χ0v) is 11.4. The summed E-state index contributed by atoms with van der Waals surface area (Å²) in [5.74, 6) is -1.09. The lowest BCUT2D eigenvalue weighted by atomic mass is 10.0. The van der Waals surface area contributed by atoms with Gasteiger partial charge in [-0.15, -0.1) is 0 Å². The molecule has 2 unspecified atom stereocenters. The molecule has 2 atom stereocenters. The van der Waals surface area contributed by atoms with E-state index in [0.717, 1.165) is 17.8 Å². The lowest BCUT2D eigenvalue weighted by Gasteiger charge is -2.25. The third-order valence-electron chi connectivity index (χ3n) is 3.96. The Labute approximate surface area is 125 Å². The summed E-state index contributed by atoms with van der Waals surface area (Å²) >= 11 is 0. The summed E-state index contributed by atoms with van der Waals surface area (Å²) in [6.45, 7) is 0. The number of allylic oxidation sites excluding steroid dienone is 2. The fraction of sp³-hybridized carbons (Fsp3) is 0.125. The molecule has 22 heavy (non-hydrogen) atoms. The number of halogens is 2. The Morgan fingerprint density at radius 2 is 2.09 bits per heavy atom. The van der Waals surface area contributed by atoms with Crippen molar-refractivity contribution in [2.75, 3.05) is 0 Å². The Hall–Kier alpha value is -2.76. The van der Waals surface area contributed by atoms with Gasteiger partial charge in [0.2, 0.25) is 11.9 Å². The Bertz CT molecular complexity index is 795. The van der Waals surface area contributed by atoms with Gasteiger partial charge in [0.05, 0.1) is 0 Å². The van der Waals surface area contributed by atoms with Crippen molar-refractivity contribution in [3.63, 3.8) is 0 Å². The van der Waals surface area contributed by atoms with E-state index in [0.29, 0.717) is 5.82 Å². The second-order valence-electron chi connectivity index (χ2n) is 5.27. The van der Waals surface area contributed by atoms with Crippen molar-refractivity contribution in [3.05, 3.63) is 71.7 Å². The molecule has 0 saturated carbocycles. The van der Waals surface area contributed by atoms with Crippen molar-refractivity contribution in [2.24, 2.45) is 0 Å². The van der Waals surface area contributed by atoms with Crippen LogP contribution in [0.25, 0.3) is 0 Å². The number of carbonyl (C=O) groups is 1. The minimum absolute atomic E-state index is 0.138. The number of rotatable bonds is 1. The van der Waals surface area contributed by atoms with Gasteiger partial charge in [0.25, 0.3) is 5.91 Å². The van der Waals surface area contributed by atoms with E-state index in [1.165, 1.54) is 6.07 Å². The highest BCUT2D eigenvalue weighted by Gasteiger charge is 2.45. The van der Waals surface area contributed by atoms with E-state index in [-0.39, 0.29) is 17.5 Å². The minimum atomic E-state index is -0.854. The van der Waals surface area contributed by atoms with E-state index in [4.69, 9.17) is 0 Å². The fourth-order valence-corrected chi connectivity index (χ4v) is 2.92. The van der Waals surface area contributed by atoms with Gasteiger partial charge in [0.15, 0.2) is 5.82 Å². The summed E-state index contributed by atoms with van der Waals surface area (Å²) in [6, 6.07) is 2.15. The van der Waals surface area contributed by atoms with Crippen LogP contribution in [0.5, 0.6) is 0 Å². The third-order valence-corrected chi connectivity index (χ3v) is 3.96. The smallest absolute Gasteiger partial charge is 0.256 e. The monoisotopic (exact) mass is 300 g/mol. The van der Waals surface area contributed by atoms with Crippen LogP contribution in [0, 0.1) is 11.6 Å². The number of hydrogen-bond donors (Lipinski definition) is 2. The van der Waals surface area contributed by atoms with Gasteiger partial charge in [-0.2, -0.15) is 0 Å². The molecule has 1 saturated heterocycles. The first kappa shape index (κ1) is 12.9. The van der Waals surface area contributed by atoms with Crippen LogP contribution in [-0.4, -0.2) is 22.6 Å². The molecule has 1 aliphatic carbocycles. The van der Waals surface area contributed by atoms with Crippen molar-refractivity contribution >= 4 is 11.6 Å². The van der Waals surface area contributed by atoms with E-state index >= 15 is 0 Å². The average Bonchev–Trinajstić information content (AvgIpc) is 2.85. The van der Waals surface area contributed by atoms with Crippen LogP contribution < -0.4 is 10.3 Å². The van der Waals surface area contributed by atoms with Crippen LogP contribution in [0.4, 0.5) is 8.78 Å². The molecule has 1 fully saturated rings. The molecule has 2 N–H and O–H groups in total. The largest absolute Gasteiger partial charge is 0.351 e. The highest BCUT2D eigenvalue weighted by molar-refractivity contribution is 6.02. The number of nitrogens with zero attached hydrogens (tertiary/aromatic N) is 1. The fourth-order valence-electron chi connectivity index (χ4n) is 2.92. The van der Waals surface area contributed by atoms with E-state index in [1.54, 1.807) is 11.1 Å². The lowest BCUT2D eigenvalue weighted by Crippen LogP contribution is -2.74. The topological polar surface area (TPSA) is 46.3 Å². The maximum absolute atomic E-state index is 14.0. The standard InChI is InChI=1S/C16H11F2N3O/c17-9-5-6-10(11(18)7-9)15-16(22)21-13-4-2-1-3-12(13)19-8-14(21)20-15/h1-8,13,15,20H/p+1. The first-order chi connectivity index (χ1) is 10.6. The van der Waals surface area contributed by atoms with Gasteiger partial charge in [-0.1, -0.05) is 24.3 Å². The summed E-state index contributed by atoms with van der Waals surface area (Å²) in [5.41, 5.74) is 1.01. The first-order valence-electron chi connectivity index (χ1n) is 6.88. The molecule has 4 rings (SSSR count). The second-order valence-corrected chi connectivity index (χ2v) is 5.27. The summed E-state index contributed by atoms with van der Waals surface area (Å²) in [5, 5.41) is 2.99. The maximum atomic E-state index is 14.0. The van der Waals surface area contributed by atoms with E-state index in [9.17, 15) is 13.6 Å². The maximum Gasteiger partial charge on any atom is 0.256 e. The summed E-state index contributed by atoms with van der Waals surface area (Å²) in [7, 11) is 0. The average molecular weight is 300 g/mol. The molecule has 6 heteroatoms. The molecule has 4 nitrogen and oxygen atoms in total. The van der Waals surface area contributed by atoms with Gasteiger partial charge in [0, 0.05) is 17.7 Å². The van der Waals surface area contributed by atoms with Gasteiger partial charge in [-0.05, 0) is 6.07 Å². The summed E-state index contributed by atoms with van der Waals surface area (Å²) in [6.07, 6.45) is 9.19. The second kappa shape index (κ2) is 4.62. The van der Waals surface area contributed by atoms with E-state index in [2.05, 4.69) is 10.3 Å². The van der Waals surface area contributed by atoms with Gasteiger partial charge < -0.3 is 5.32 Å². The van der Waals surface area contributed by atoms with E-state index < -0.39 is 17.7 Å². The number of amides is 1. The zero-order chi connectivity index (χ0) is 15.3. The van der Waals surface area contributed by atoms with Gasteiger partial charge in [0.1, 0.15) is 23.7 Å². The van der Waals surface area contributed by atoms with Crippen LogP contribution in [0.3, 0.4) is 0 Å². The Kier molecular flexibility index (Phi) is 2.72. The highest BCUT2D eigenvalue weighted by Crippen LogP contribution is 2.31. The molecule has 3 aliphatic rings. The number of hydrogen-bond acceptors (Lipinski definition) is 2. The molecular weight excluding hydrogens is 288 g/mol. The molecule has 1 aromatic carbocycles. The summed E-state index contributed by atoms with van der Waals surface area (Å²) < 4.78 is 27.0. The lowest BCUT2D eigenvalue weighted by molar-refractivity contribution is -0.380. The highest BCUT2D eigenvalue weighted by atomic mass is 19.1. The molecule has 0 aromatic heterocycles. The summed E-state index contributed by atoms with van der Waals surface area (Å²) in [4.78, 5) is 17.4. The van der Waals surface area contributed by atoms with Gasteiger partial charge in [-0.25, -0.2) is 13.8 Å². The first-order valence-corrected chi connectivity index (χ1v) is 6.88. The number of fused-ring (bicyclic) bond motifs is 3. The SMILES string of the molecule is O=C1C(c2ccc(F)cc2F)NC2=C[NH+]=C3C=CC=CC3N12. The number of carbonyl (C=O) groups excluding carboxylic acids is 1. The molecule has 2 heterocycles. The zero-order valence-electron chi connectivity index (χ0n) is 11.4. The molecule has 2 aliphatic heterocycles. The van der Waals surface area contributed by atoms with Crippen LogP contribution in [0.1, 0.15) is 11.6 Å². The van der Waals surface area contributed by atoms with Crippen LogP contribution in [0.2, 0.25) is 0 Å². The van der Waals surface area contributed by atoms with Crippen molar-refractivity contribution in [2.45, 2.75) is 12.1 Å². The Morgan fingerprint density at radius 1 is 1.23 bits per heavy atom. The molecule has 1 amide bonds. The Morgan fingerprint density at radius 3 is 2.91 bits per heavy atom. The van der Waals surface area contributed by atoms with Crippen molar-refractivity contribution < 1.29 is 18.6 Å². The van der Waals surface area contributed by atoms with Crippen LogP contribution in [0.15, 0.2) is 54.5 Å². The third kappa shape index (κ3) is 1.80. The van der Waals surface area contributed by atoms with E-state index in [1.807, 2.05) is 24.3 Å². The molecular formula is C16H12F2N3O+. The van der Waals surface area contributed by atoms with Gasteiger partial charge >= 0.3 is 0 Å². The van der Waals surface area contributed by atoms with Crippen molar-refractivity contribution in [3.8, 4) is 0 Å². The Balaban J connectivity index is 1.72. The predicted molar refractivity (Wildman–Crippen MR) is 75.2 cm³/mol. The normalized spacial score (nSPS) is 25.4. The minimum Gasteiger partial charge on any atom is -0.351 e. The quantitative estimate of drug-likeness (QED) is 0.782. The molecule has 0 bridgehead atoms. The molecule has 1 aromatic rings. The van der Waals surface area contributed by atoms with Crippen LogP contribution in [-0.2, 0) is 4.79 Å². The predicted octanol–water partition coefficient (Wildman–Crippen LogP) is 0.266. The van der Waals surface area contributed by atoms with Crippen LogP contribution >= 0.6 is 0 Å². The molecule has 0 radical (unpaired) electrons. The van der Waals surface area contributed by atoms with Crippen molar-refractivity contribution in [1.82, 2.24) is 10.2 Å².